The molecule has 12 saturated carbocycles. The molecular weight excluding hydrogens is 1930 g/mol. The van der Waals surface area contributed by atoms with Gasteiger partial charge in [0.2, 0.25) is 0 Å². The van der Waals surface area contributed by atoms with Gasteiger partial charge in [0.15, 0.2) is 17.3 Å². The molecule has 12 fully saturated rings. The van der Waals surface area contributed by atoms with Crippen molar-refractivity contribution in [1.29, 1.82) is 0 Å². The van der Waals surface area contributed by atoms with Crippen molar-refractivity contribution < 1.29 is 105 Å². The quantitative estimate of drug-likeness (QED) is 0.0144. The molecule has 0 aromatic heterocycles. The summed E-state index contributed by atoms with van der Waals surface area (Å²) in [5, 5.41) is 88.2. The minimum atomic E-state index is -4.08. The van der Waals surface area contributed by atoms with Crippen molar-refractivity contribution in [3.63, 3.8) is 0 Å². The lowest BCUT2D eigenvalue weighted by molar-refractivity contribution is -0.384. The van der Waals surface area contributed by atoms with Gasteiger partial charge in [0.25, 0.3) is 5.69 Å². The van der Waals surface area contributed by atoms with E-state index in [1.807, 2.05) is 34.6 Å². The Labute approximate surface area is 870 Å². The third-order valence-electron chi connectivity index (χ3n) is 40.1. The van der Waals surface area contributed by atoms with Crippen molar-refractivity contribution in [1.82, 2.24) is 15.3 Å². The number of hydrogen-bond acceptors (Lipinski definition) is 23. The van der Waals surface area contributed by atoms with Crippen molar-refractivity contribution in [3.8, 4) is 17.2 Å². The third kappa shape index (κ3) is 25.7. The van der Waals surface area contributed by atoms with Crippen LogP contribution in [0.15, 0.2) is 72.8 Å². The summed E-state index contributed by atoms with van der Waals surface area (Å²) in [7, 11) is -11.9. The summed E-state index contributed by atoms with van der Waals surface area (Å²) < 4.78 is 94.1. The maximum Gasteiger partial charge on any atom is 0.459 e. The molecule has 814 valence electrons. The number of non-ortho nitro benzene ring substituents is 1. The van der Waals surface area contributed by atoms with E-state index < -0.39 is 46.3 Å². The summed E-state index contributed by atoms with van der Waals surface area (Å²) in [5.41, 5.74) is 0.707. The van der Waals surface area contributed by atoms with Gasteiger partial charge in [0, 0.05) is 28.8 Å². The Morgan fingerprint density at radius 1 is 0.417 bits per heavy atom. The Balaban J connectivity index is 0.000000181. The summed E-state index contributed by atoms with van der Waals surface area (Å²) in [5.74, 6) is 7.71. The smallest absolute Gasteiger partial charge is 0.413 e. The van der Waals surface area contributed by atoms with Crippen LogP contribution in [0, 0.1) is 167 Å². The fourth-order valence-corrected chi connectivity index (χ4v) is 37.4. The first-order valence-electron chi connectivity index (χ1n) is 55.3. The first-order chi connectivity index (χ1) is 67.9. The highest BCUT2D eigenvalue weighted by molar-refractivity contribution is 7.52. The molecule has 0 amide bonds. The number of rotatable bonds is 42. The van der Waals surface area contributed by atoms with Crippen LogP contribution in [-0.4, -0.2) is 166 Å². The first kappa shape index (κ1) is 117. The SMILES string of the molecule is CC(C)OCC(=O)[C@H](C)N[P@@](=O)(OCC[C@@H](C)[C@H]1CCC2C3C(CC[C@@]21C)[C@@]1(C)CC[C@@H](O)CC1[C@@H](C)[C@H]3O)Oc1ccc([N+](=O)[O-])cc1.CCOCC(=O)[C@H](C)N[P@@](=O)(OCC[C@@H](C)[C@H]1CCC2C3C(CC[C@@]21C)[C@@]1(C)CC[C@@H](O)CC1[C@@H](CC)[C@H]3O)Oc1ccc(Cl)cc1.CC[C@@H]1C2C[C@H](O)CC[C@]2(C)C2CC[C@@]3(C)C(CC[C@@H]3[C@H](C)CCO[P@](=O)(N[C@@H](C)C(=O)COC(C)C)Oc3cccc(Cl)c3)C2[C@@H]1O. The molecule has 0 radical (unpaired) electrons. The number of hydrogen-bond donors (Lipinski definition) is 9. The van der Waals surface area contributed by atoms with Crippen molar-refractivity contribution in [2.45, 2.75) is 372 Å². The van der Waals surface area contributed by atoms with Crippen LogP contribution < -0.4 is 28.8 Å². The van der Waals surface area contributed by atoms with E-state index >= 15 is 0 Å². The van der Waals surface area contributed by atoms with E-state index in [9.17, 15) is 68.8 Å². The Morgan fingerprint density at radius 2 is 0.743 bits per heavy atom. The molecule has 0 saturated heterocycles. The zero-order chi connectivity index (χ0) is 105. The standard InChI is InChI=1S/C38H61ClNO7P.C37H59ClNO7P.C37H59N2O9P/c1-8-29-33-21-27(41)14-17-38(33,7)32-15-18-37(6)30(12-13-31(37)35(32)36(29)43)24(4)16-19-46-48(44,47-28-11-9-10-26(39)20-28)40-25(5)34(42)22-45-23(2)3;1-7-28-32-21-26(40)15-18-37(32,6)31-16-19-36(5)29(13-14-30(36)34(31)35(28)42)23(3)17-20-45-47(43,39-24(4)33(41)22-44-8-2)46-27-11-9-25(38)10-12-27;1-22(2)46-21-33(41)25(5)38-49(45,48-28-10-8-26(9-11-28)39(43)44)47-19-16-23(3)29-12-13-30-34-31(15-18-36(29,30)6)37(7)17-14-27(40)20-32(37)24(4)35(34)42/h9-11,20,23-25,27,29-33,35-36,41,43H,8,12-19,21-22H2,1-7H3,(H,40,44);9-12,23-24,26,28-32,34-35,40,42H,7-8,13-22H2,1-6H3,(H,39,43);8-11,22-25,27,29-32,34-35,40,42H,12-21H2,1-7H3,(H,38,45)/t24-,25+,27-,29-,30-,31?,32?,33?,35?,36-,37-,38-,48-;23-,24+,26-,28-,29-,30?,31?,32?,34?,35-,36-,37-,47-;23-,24-,25+,27-,29-,30?,31?,32?,34?,35-,36-,37-,49-/m111/s1. The van der Waals surface area contributed by atoms with Crippen LogP contribution in [0.2, 0.25) is 10.0 Å². The van der Waals surface area contributed by atoms with Gasteiger partial charge in [0.05, 0.1) is 91.7 Å². The number of carbonyl (C=O) groups excluding carboxylic acids is 3. The Hall–Kier alpha value is -3.86. The molecule has 15 rings (SSSR count). The van der Waals surface area contributed by atoms with Crippen LogP contribution in [0.1, 0.15) is 305 Å². The van der Waals surface area contributed by atoms with Gasteiger partial charge in [-0.1, -0.05) is 125 Å². The van der Waals surface area contributed by atoms with Crippen molar-refractivity contribution >= 4 is 69.5 Å². The molecule has 39 atom stereocenters. The van der Waals surface area contributed by atoms with Crippen LogP contribution in [-0.2, 0) is 55.9 Å². The molecule has 3 aromatic carbocycles. The zero-order valence-corrected chi connectivity index (χ0v) is 94.1. The monoisotopic (exact) mass is 2110 g/mol. The van der Waals surface area contributed by atoms with E-state index in [0.717, 1.165) is 148 Å². The topological polar surface area (TPSA) is 386 Å². The molecule has 12 aliphatic rings. The molecule has 32 heteroatoms. The number of nitrogens with one attached hydrogen (secondary N) is 3. The van der Waals surface area contributed by atoms with E-state index in [-0.39, 0.29) is 179 Å². The van der Waals surface area contributed by atoms with E-state index in [4.69, 9.17) is 64.6 Å². The van der Waals surface area contributed by atoms with Gasteiger partial charge in [-0.05, 0) is 421 Å². The first-order valence-corrected chi connectivity index (χ1v) is 60.6. The zero-order valence-electron chi connectivity index (χ0n) is 89.9. The molecule has 144 heavy (non-hydrogen) atoms. The van der Waals surface area contributed by atoms with Crippen LogP contribution in [0.25, 0.3) is 0 Å². The summed E-state index contributed by atoms with van der Waals surface area (Å²) in [6.07, 6.45) is 23.6. The van der Waals surface area contributed by atoms with Crippen LogP contribution >= 0.6 is 46.4 Å². The maximum absolute atomic E-state index is 14.1. The van der Waals surface area contributed by atoms with Crippen LogP contribution in [0.5, 0.6) is 17.2 Å². The predicted molar refractivity (Wildman–Crippen MR) is 562 cm³/mol. The molecule has 0 bridgehead atoms. The number of aliphatic hydroxyl groups is 6. The number of carbonyl (C=O) groups is 3. The predicted octanol–water partition coefficient (Wildman–Crippen LogP) is 23.9. The number of nitro groups is 1. The largest absolute Gasteiger partial charge is 0.459 e. The number of nitro benzene ring substituents is 1. The summed E-state index contributed by atoms with van der Waals surface area (Å²) in [4.78, 5) is 48.7. The number of ether oxygens (including phenoxy) is 3. The maximum atomic E-state index is 14.1. The minimum Gasteiger partial charge on any atom is -0.413 e. The molecular formula is C112H179Cl2N4O23P3. The highest BCUT2D eigenvalue weighted by atomic mass is 35.5. The van der Waals surface area contributed by atoms with Crippen LogP contribution in [0.4, 0.5) is 5.69 Å². The second kappa shape index (κ2) is 48.8. The number of halogens is 2. The van der Waals surface area contributed by atoms with Crippen LogP contribution in [0.3, 0.4) is 0 Å². The highest BCUT2D eigenvalue weighted by Crippen LogP contribution is 2.74. The molecule has 12 unspecified atom stereocenters. The Kier molecular flexibility index (Phi) is 39.8. The molecule has 12 aliphatic carbocycles. The number of nitrogens with zero attached hydrogens (tertiary/aromatic N) is 1. The van der Waals surface area contributed by atoms with Crippen molar-refractivity contribution in [3.05, 3.63) is 93.0 Å². The van der Waals surface area contributed by atoms with Crippen molar-refractivity contribution in [2.75, 3.05) is 46.2 Å². The summed E-state index contributed by atoms with van der Waals surface area (Å²) in [6, 6.07) is 16.0. The minimum absolute atomic E-state index is 0.0766. The lowest BCUT2D eigenvalue weighted by atomic mass is 9.41. The van der Waals surface area contributed by atoms with Gasteiger partial charge in [-0.15, -0.1) is 0 Å². The number of fused-ring (bicyclic) bond motifs is 15. The third-order valence-corrected chi connectivity index (χ3v) is 45.6. The average Bonchev–Trinajstić information content (AvgIpc) is 1.41. The molecule has 27 nitrogen and oxygen atoms in total. The lowest BCUT2D eigenvalue weighted by Gasteiger charge is -2.64. The highest BCUT2D eigenvalue weighted by Gasteiger charge is 2.69. The number of aliphatic hydroxyl groups excluding tert-OH is 6. The molecule has 0 heterocycles. The average molecular weight is 2110 g/mol. The van der Waals surface area contributed by atoms with Gasteiger partial charge in [-0.3, -0.25) is 38.1 Å². The van der Waals surface area contributed by atoms with E-state index in [1.165, 1.54) is 24.3 Å². The van der Waals surface area contributed by atoms with Gasteiger partial charge in [-0.25, -0.2) is 29.0 Å². The number of Topliss-reactive ketones (excluding diaryl/α,β-unsaturated/α-hetero) is 3. The van der Waals surface area contributed by atoms with Gasteiger partial charge < -0.3 is 58.4 Å². The fraction of sp³-hybridized carbons (Fsp3) is 0.812. The van der Waals surface area contributed by atoms with E-state index in [1.54, 1.807) is 69.3 Å². The summed E-state index contributed by atoms with van der Waals surface area (Å²) in [6.45, 7) is 42.9. The second-order valence-corrected chi connectivity index (χ2v) is 54.6. The molecule has 0 aliphatic heterocycles. The Bertz CT molecular complexity index is 4900. The molecule has 0 spiro atoms. The number of ketones is 3. The van der Waals surface area contributed by atoms with Gasteiger partial charge in [-0.2, -0.15) is 0 Å². The molecule has 9 N–H and O–H groups in total. The van der Waals surface area contributed by atoms with E-state index in [0.29, 0.717) is 142 Å². The molecule has 3 aromatic rings. The van der Waals surface area contributed by atoms with Gasteiger partial charge >= 0.3 is 23.2 Å². The van der Waals surface area contributed by atoms with E-state index in [2.05, 4.69) is 98.3 Å². The summed E-state index contributed by atoms with van der Waals surface area (Å²) >= 11 is 12.2. The van der Waals surface area contributed by atoms with Gasteiger partial charge in [0.1, 0.15) is 37.1 Å². The van der Waals surface area contributed by atoms with Crippen molar-refractivity contribution in [2.24, 2.45) is 157 Å². The second-order valence-electron chi connectivity index (χ2n) is 48.7. The lowest BCUT2D eigenvalue weighted by Crippen LogP contribution is -2.62. The Morgan fingerprint density at radius 3 is 1.09 bits per heavy atom. The normalized spacial score (nSPS) is 38.7. The fourth-order valence-electron chi connectivity index (χ4n) is 32.5. The number of benzene rings is 3.